The van der Waals surface area contributed by atoms with Crippen LogP contribution in [-0.2, 0) is 13.0 Å². The first kappa shape index (κ1) is 13.7. The summed E-state index contributed by atoms with van der Waals surface area (Å²) >= 11 is 3.69. The lowest BCUT2D eigenvalue weighted by atomic mass is 9.90. The second kappa shape index (κ2) is 6.38. The third-order valence-electron chi connectivity index (χ3n) is 3.00. The average molecular weight is 288 g/mol. The van der Waals surface area contributed by atoms with Crippen molar-refractivity contribution in [1.29, 1.82) is 0 Å². The lowest BCUT2D eigenvalue weighted by Crippen LogP contribution is -2.22. The maximum Gasteiger partial charge on any atom is 0.138 e. The molecule has 4 heteroatoms. The first-order valence-corrected chi connectivity index (χ1v) is 6.98. The zero-order chi connectivity index (χ0) is 12.1. The number of aromatic nitrogens is 3. The summed E-state index contributed by atoms with van der Waals surface area (Å²) < 4.78 is 2.03. The molecule has 0 aromatic carbocycles. The van der Waals surface area contributed by atoms with Crippen LogP contribution in [0.1, 0.15) is 39.9 Å². The third-order valence-corrected chi connectivity index (χ3v) is 3.67. The van der Waals surface area contributed by atoms with Gasteiger partial charge in [0.05, 0.1) is 0 Å². The topological polar surface area (TPSA) is 30.7 Å². The van der Waals surface area contributed by atoms with E-state index in [9.17, 15) is 0 Å². The largest absolute Gasteiger partial charge is 0.250 e. The van der Waals surface area contributed by atoms with Crippen molar-refractivity contribution in [3.05, 3.63) is 12.2 Å². The molecule has 0 fully saturated rings. The van der Waals surface area contributed by atoms with E-state index in [4.69, 9.17) is 0 Å². The van der Waals surface area contributed by atoms with E-state index >= 15 is 0 Å². The Labute approximate surface area is 107 Å². The van der Waals surface area contributed by atoms with Gasteiger partial charge in [0.15, 0.2) is 0 Å². The van der Waals surface area contributed by atoms with E-state index in [0.29, 0.717) is 16.7 Å². The average Bonchev–Trinajstić information content (AvgIpc) is 2.61. The van der Waals surface area contributed by atoms with Crippen LogP contribution < -0.4 is 0 Å². The van der Waals surface area contributed by atoms with Gasteiger partial charge in [-0.3, -0.25) is 4.68 Å². The molecule has 92 valence electrons. The molecule has 1 rings (SSSR count). The van der Waals surface area contributed by atoms with Gasteiger partial charge in [-0.2, -0.15) is 5.10 Å². The van der Waals surface area contributed by atoms with Gasteiger partial charge in [0.2, 0.25) is 0 Å². The van der Waals surface area contributed by atoms with Gasteiger partial charge in [0.25, 0.3) is 0 Å². The molecule has 1 aromatic rings. The lowest BCUT2D eigenvalue weighted by molar-refractivity contribution is 0.368. The summed E-state index contributed by atoms with van der Waals surface area (Å²) in [6.45, 7) is 9.88. The Hall–Kier alpha value is -0.380. The van der Waals surface area contributed by atoms with Gasteiger partial charge in [0.1, 0.15) is 12.2 Å². The number of aryl methyl sites for hydroxylation is 1. The molecule has 0 bridgehead atoms. The summed E-state index contributed by atoms with van der Waals surface area (Å²) in [5.41, 5.74) is 0. The van der Waals surface area contributed by atoms with Crippen molar-refractivity contribution >= 4 is 15.9 Å². The minimum atomic E-state index is 0.513. The highest BCUT2D eigenvalue weighted by Crippen LogP contribution is 2.24. The van der Waals surface area contributed by atoms with Crippen LogP contribution in [0.3, 0.4) is 0 Å². The molecule has 2 unspecified atom stereocenters. The predicted molar refractivity (Wildman–Crippen MR) is 70.7 cm³/mol. The maximum absolute atomic E-state index is 4.37. The summed E-state index contributed by atoms with van der Waals surface area (Å²) in [6, 6.07) is 0. The van der Waals surface area contributed by atoms with Crippen LogP contribution in [0.15, 0.2) is 6.33 Å². The van der Waals surface area contributed by atoms with Crippen LogP contribution in [0.2, 0.25) is 0 Å². The highest BCUT2D eigenvalue weighted by Gasteiger charge is 2.21. The molecule has 0 aliphatic rings. The van der Waals surface area contributed by atoms with Crippen molar-refractivity contribution in [3.8, 4) is 0 Å². The molecule has 1 heterocycles. The minimum absolute atomic E-state index is 0.513. The second-order valence-electron chi connectivity index (χ2n) is 4.69. The molecule has 1 aromatic heterocycles. The van der Waals surface area contributed by atoms with Gasteiger partial charge in [-0.05, 0) is 18.3 Å². The van der Waals surface area contributed by atoms with Crippen LogP contribution in [0.5, 0.6) is 0 Å². The van der Waals surface area contributed by atoms with Gasteiger partial charge < -0.3 is 0 Å². The van der Waals surface area contributed by atoms with Crippen LogP contribution in [-0.4, -0.2) is 19.6 Å². The Morgan fingerprint density at radius 2 is 2.06 bits per heavy atom. The van der Waals surface area contributed by atoms with Crippen LogP contribution >= 0.6 is 15.9 Å². The molecule has 3 nitrogen and oxygen atoms in total. The van der Waals surface area contributed by atoms with E-state index in [2.05, 4.69) is 53.7 Å². The SMILES string of the molecule is CCCn1ncnc1CC(C(C)C)C(C)Br. The molecule has 0 aliphatic heterocycles. The second-order valence-corrected chi connectivity index (χ2v) is 6.13. The molecule has 0 radical (unpaired) electrons. The Balaban J connectivity index is 2.73. The normalized spacial score (nSPS) is 15.4. The fourth-order valence-electron chi connectivity index (χ4n) is 1.98. The van der Waals surface area contributed by atoms with E-state index in [1.54, 1.807) is 6.33 Å². The Morgan fingerprint density at radius 3 is 2.56 bits per heavy atom. The Morgan fingerprint density at radius 1 is 1.38 bits per heavy atom. The standard InChI is InChI=1S/C12H22BrN3/c1-5-6-16-12(14-8-15-16)7-11(9(2)3)10(4)13/h8-11H,5-7H2,1-4H3. The van der Waals surface area contributed by atoms with Gasteiger partial charge in [-0.15, -0.1) is 0 Å². The molecule has 0 spiro atoms. The quantitative estimate of drug-likeness (QED) is 0.752. The number of rotatable bonds is 6. The number of halogens is 1. The fraction of sp³-hybridized carbons (Fsp3) is 0.833. The van der Waals surface area contributed by atoms with Crippen LogP contribution in [0.25, 0.3) is 0 Å². The molecule has 2 atom stereocenters. The van der Waals surface area contributed by atoms with Gasteiger partial charge in [-0.25, -0.2) is 4.98 Å². The summed E-state index contributed by atoms with van der Waals surface area (Å²) in [5.74, 6) is 2.38. The van der Waals surface area contributed by atoms with Crippen molar-refractivity contribution in [2.45, 2.75) is 51.9 Å². The zero-order valence-corrected chi connectivity index (χ0v) is 12.2. The van der Waals surface area contributed by atoms with Crippen molar-refractivity contribution in [3.63, 3.8) is 0 Å². The van der Waals surface area contributed by atoms with Gasteiger partial charge >= 0.3 is 0 Å². The molecule has 0 saturated heterocycles. The molecule has 0 N–H and O–H groups in total. The number of nitrogens with zero attached hydrogens (tertiary/aromatic N) is 3. The Kier molecular flexibility index (Phi) is 5.46. The predicted octanol–water partition coefficient (Wildman–Crippen LogP) is 3.29. The first-order chi connectivity index (χ1) is 7.56. The number of hydrogen-bond acceptors (Lipinski definition) is 2. The molecule has 16 heavy (non-hydrogen) atoms. The maximum atomic E-state index is 4.37. The monoisotopic (exact) mass is 287 g/mol. The molecule has 0 saturated carbocycles. The van der Waals surface area contributed by atoms with E-state index in [1.165, 1.54) is 0 Å². The van der Waals surface area contributed by atoms with Crippen molar-refractivity contribution in [1.82, 2.24) is 14.8 Å². The van der Waals surface area contributed by atoms with E-state index < -0.39 is 0 Å². The highest BCUT2D eigenvalue weighted by atomic mass is 79.9. The van der Waals surface area contributed by atoms with Gasteiger partial charge in [0, 0.05) is 17.8 Å². The third kappa shape index (κ3) is 3.58. The first-order valence-electron chi connectivity index (χ1n) is 6.07. The molecule has 0 amide bonds. The number of alkyl halides is 1. The minimum Gasteiger partial charge on any atom is -0.250 e. The summed E-state index contributed by atoms with van der Waals surface area (Å²) in [6.07, 6.45) is 3.78. The lowest BCUT2D eigenvalue weighted by Gasteiger charge is -2.23. The highest BCUT2D eigenvalue weighted by molar-refractivity contribution is 9.09. The summed E-state index contributed by atoms with van der Waals surface area (Å²) in [7, 11) is 0. The van der Waals surface area contributed by atoms with E-state index in [0.717, 1.165) is 25.2 Å². The zero-order valence-electron chi connectivity index (χ0n) is 10.7. The summed E-state index contributed by atoms with van der Waals surface area (Å²) in [5, 5.41) is 4.27. The van der Waals surface area contributed by atoms with Crippen molar-refractivity contribution in [2.24, 2.45) is 11.8 Å². The Bertz CT molecular complexity index is 299. The van der Waals surface area contributed by atoms with E-state index in [-0.39, 0.29) is 0 Å². The fourth-order valence-corrected chi connectivity index (χ4v) is 2.78. The van der Waals surface area contributed by atoms with Crippen molar-refractivity contribution in [2.75, 3.05) is 0 Å². The summed E-state index contributed by atoms with van der Waals surface area (Å²) in [4.78, 5) is 4.88. The molecular formula is C12H22BrN3. The molecular weight excluding hydrogens is 266 g/mol. The smallest absolute Gasteiger partial charge is 0.138 e. The van der Waals surface area contributed by atoms with Crippen molar-refractivity contribution < 1.29 is 0 Å². The number of hydrogen-bond donors (Lipinski definition) is 0. The van der Waals surface area contributed by atoms with Gasteiger partial charge in [-0.1, -0.05) is 43.6 Å². The van der Waals surface area contributed by atoms with Crippen LogP contribution in [0.4, 0.5) is 0 Å². The van der Waals surface area contributed by atoms with E-state index in [1.807, 2.05) is 4.68 Å². The molecule has 0 aliphatic carbocycles. The van der Waals surface area contributed by atoms with Crippen LogP contribution in [0, 0.1) is 11.8 Å².